The van der Waals surface area contributed by atoms with Crippen molar-refractivity contribution in [2.24, 2.45) is 0 Å². The predicted molar refractivity (Wildman–Crippen MR) is 108 cm³/mol. The minimum Gasteiger partial charge on any atom is -0.493 e. The predicted octanol–water partition coefficient (Wildman–Crippen LogP) is 2.58. The monoisotopic (exact) mass is 430 g/mol. The Morgan fingerprint density at radius 3 is 2.39 bits per heavy atom. The zero-order valence-electron chi connectivity index (χ0n) is 17.5. The van der Waals surface area contributed by atoms with Crippen LogP contribution in [0.2, 0.25) is 0 Å². The molecule has 1 saturated heterocycles. The van der Waals surface area contributed by atoms with Gasteiger partial charge in [0.15, 0.2) is 11.5 Å². The van der Waals surface area contributed by atoms with Crippen molar-refractivity contribution in [1.82, 2.24) is 10.2 Å². The van der Waals surface area contributed by atoms with Crippen molar-refractivity contribution in [2.75, 3.05) is 27.9 Å². The lowest BCUT2D eigenvalue weighted by Crippen LogP contribution is -2.30. The lowest BCUT2D eigenvalue weighted by molar-refractivity contribution is -0.123. The number of amides is 3. The summed E-state index contributed by atoms with van der Waals surface area (Å²) in [6, 6.07) is 5.62. The molecule has 0 saturated carbocycles. The Kier molecular flexibility index (Phi) is 6.49. The highest BCUT2D eigenvalue weighted by molar-refractivity contribution is 6.13. The zero-order chi connectivity index (χ0) is 22.5. The molecule has 1 aromatic carbocycles. The van der Waals surface area contributed by atoms with Gasteiger partial charge in [-0.2, -0.15) is 0 Å². The number of carbonyl (C=O) groups excluding carboxylic acids is 3. The minimum atomic E-state index is -0.651. The summed E-state index contributed by atoms with van der Waals surface area (Å²) in [7, 11) is 4.21. The smallest absolute Gasteiger partial charge is 0.373 e. The Labute approximate surface area is 178 Å². The Morgan fingerprint density at radius 2 is 1.81 bits per heavy atom. The summed E-state index contributed by atoms with van der Waals surface area (Å²) >= 11 is 0. The fourth-order valence-electron chi connectivity index (χ4n) is 2.98. The van der Waals surface area contributed by atoms with E-state index in [0.717, 1.165) is 4.90 Å². The van der Waals surface area contributed by atoms with Crippen molar-refractivity contribution in [3.05, 3.63) is 47.0 Å². The van der Waals surface area contributed by atoms with Crippen molar-refractivity contribution >= 4 is 24.0 Å². The molecule has 0 atom stereocenters. The van der Waals surface area contributed by atoms with Gasteiger partial charge < -0.3 is 28.7 Å². The van der Waals surface area contributed by atoms with Gasteiger partial charge in [-0.15, -0.1) is 0 Å². The maximum atomic E-state index is 12.8. The number of nitrogens with zero attached hydrogens (tertiary/aromatic N) is 1. The first-order chi connectivity index (χ1) is 14.9. The van der Waals surface area contributed by atoms with Crippen LogP contribution in [0.4, 0.5) is 4.79 Å². The van der Waals surface area contributed by atoms with Gasteiger partial charge in [0.2, 0.25) is 11.5 Å². The number of carbonyl (C=O) groups is 3. The van der Waals surface area contributed by atoms with Crippen LogP contribution in [0.5, 0.6) is 17.2 Å². The summed E-state index contributed by atoms with van der Waals surface area (Å²) in [5.41, 5.74) is 0.631. The van der Waals surface area contributed by atoms with Gasteiger partial charge in [0.25, 0.3) is 5.91 Å². The number of imide groups is 1. The van der Waals surface area contributed by atoms with Gasteiger partial charge in [-0.1, -0.05) is 0 Å². The van der Waals surface area contributed by atoms with Crippen molar-refractivity contribution in [2.45, 2.75) is 13.5 Å². The van der Waals surface area contributed by atoms with E-state index < -0.39 is 17.9 Å². The molecular formula is C21H22N2O8. The van der Waals surface area contributed by atoms with Gasteiger partial charge >= 0.3 is 12.0 Å². The molecule has 31 heavy (non-hydrogen) atoms. The van der Waals surface area contributed by atoms with E-state index in [1.54, 1.807) is 12.1 Å². The molecule has 10 nitrogen and oxygen atoms in total. The summed E-state index contributed by atoms with van der Waals surface area (Å²) in [5.74, 6) is 0.330. The molecule has 3 amide bonds. The fraction of sp³-hybridized carbons (Fsp3) is 0.286. The number of hydrogen-bond donors (Lipinski definition) is 1. The van der Waals surface area contributed by atoms with E-state index in [4.69, 9.17) is 18.6 Å². The van der Waals surface area contributed by atoms with Crippen LogP contribution in [0.1, 0.15) is 28.8 Å². The number of benzene rings is 1. The summed E-state index contributed by atoms with van der Waals surface area (Å²) < 4.78 is 26.2. The van der Waals surface area contributed by atoms with Crippen LogP contribution in [-0.2, 0) is 16.1 Å². The maximum Gasteiger partial charge on any atom is 0.373 e. The SMILES string of the molecule is CCOc1c(OC)cc(C=C2NC(=O)N(Cc3ccc(C(=O)OC)o3)C2=O)cc1OC. The molecule has 0 radical (unpaired) electrons. The number of furan rings is 1. The molecular weight excluding hydrogens is 408 g/mol. The largest absolute Gasteiger partial charge is 0.493 e. The molecule has 1 aliphatic heterocycles. The third kappa shape index (κ3) is 4.47. The lowest BCUT2D eigenvalue weighted by atomic mass is 10.1. The second kappa shape index (κ2) is 9.24. The Balaban J connectivity index is 1.84. The van der Waals surface area contributed by atoms with Crippen LogP contribution in [-0.4, -0.2) is 50.7 Å². The number of methoxy groups -OCH3 is 3. The zero-order valence-corrected chi connectivity index (χ0v) is 17.5. The van der Waals surface area contributed by atoms with Crippen LogP contribution >= 0.6 is 0 Å². The van der Waals surface area contributed by atoms with E-state index in [9.17, 15) is 14.4 Å². The van der Waals surface area contributed by atoms with Crippen molar-refractivity contribution in [1.29, 1.82) is 0 Å². The Morgan fingerprint density at radius 1 is 1.13 bits per heavy atom. The van der Waals surface area contributed by atoms with Crippen LogP contribution in [0.15, 0.2) is 34.4 Å². The van der Waals surface area contributed by atoms with Gasteiger partial charge in [-0.3, -0.25) is 9.69 Å². The fourth-order valence-corrected chi connectivity index (χ4v) is 2.98. The first-order valence-electron chi connectivity index (χ1n) is 9.32. The van der Waals surface area contributed by atoms with Crippen LogP contribution < -0.4 is 19.5 Å². The third-order valence-corrected chi connectivity index (χ3v) is 4.41. The van der Waals surface area contributed by atoms with Crippen LogP contribution in [0.25, 0.3) is 6.08 Å². The number of hydrogen-bond acceptors (Lipinski definition) is 8. The van der Waals surface area contributed by atoms with Gasteiger partial charge in [0.1, 0.15) is 11.5 Å². The highest BCUT2D eigenvalue weighted by Crippen LogP contribution is 2.39. The summed E-state index contributed by atoms with van der Waals surface area (Å²) in [5, 5.41) is 2.53. The van der Waals surface area contributed by atoms with Crippen molar-refractivity contribution < 1.29 is 37.7 Å². The topological polar surface area (TPSA) is 117 Å². The molecule has 0 aliphatic carbocycles. The van der Waals surface area contributed by atoms with E-state index >= 15 is 0 Å². The molecule has 1 aliphatic rings. The second-order valence-electron chi connectivity index (χ2n) is 6.32. The van der Waals surface area contributed by atoms with Gasteiger partial charge in [0, 0.05) is 0 Å². The summed E-state index contributed by atoms with van der Waals surface area (Å²) in [6.45, 7) is 2.11. The van der Waals surface area contributed by atoms with Crippen LogP contribution in [0, 0.1) is 0 Å². The minimum absolute atomic E-state index is 0.0195. The lowest BCUT2D eigenvalue weighted by Gasteiger charge is -2.14. The molecule has 1 N–H and O–H groups in total. The standard InChI is InChI=1S/C21H22N2O8/c1-5-30-18-16(27-2)9-12(10-17(18)28-3)8-14-19(24)23(21(26)22-14)11-13-6-7-15(31-13)20(25)29-4/h6-10H,5,11H2,1-4H3,(H,22,26). The average Bonchev–Trinajstić information content (AvgIpc) is 3.34. The van der Waals surface area contributed by atoms with E-state index in [0.29, 0.717) is 29.4 Å². The van der Waals surface area contributed by atoms with Crippen LogP contribution in [0.3, 0.4) is 0 Å². The first-order valence-corrected chi connectivity index (χ1v) is 9.32. The highest BCUT2D eigenvalue weighted by atomic mass is 16.5. The number of urea groups is 1. The number of nitrogens with one attached hydrogen (secondary N) is 1. The van der Waals surface area contributed by atoms with Crippen molar-refractivity contribution in [3.63, 3.8) is 0 Å². The molecule has 3 rings (SSSR count). The summed E-state index contributed by atoms with van der Waals surface area (Å²) in [6.07, 6.45) is 1.50. The molecule has 0 unspecified atom stereocenters. The number of ether oxygens (including phenoxy) is 4. The van der Waals surface area contributed by atoms with Crippen molar-refractivity contribution in [3.8, 4) is 17.2 Å². The number of rotatable bonds is 8. The Bertz CT molecular complexity index is 1010. The molecule has 2 heterocycles. The quantitative estimate of drug-likeness (QED) is 0.386. The normalized spacial score (nSPS) is 14.6. The van der Waals surface area contributed by atoms with E-state index in [-0.39, 0.29) is 23.8 Å². The third-order valence-electron chi connectivity index (χ3n) is 4.41. The van der Waals surface area contributed by atoms with E-state index in [1.165, 1.54) is 39.5 Å². The Hall–Kier alpha value is -3.95. The van der Waals surface area contributed by atoms with E-state index in [2.05, 4.69) is 10.1 Å². The first kappa shape index (κ1) is 21.8. The van der Waals surface area contributed by atoms with Gasteiger partial charge in [0.05, 0.1) is 34.5 Å². The summed E-state index contributed by atoms with van der Waals surface area (Å²) in [4.78, 5) is 37.5. The molecule has 10 heteroatoms. The molecule has 1 fully saturated rings. The molecule has 0 bridgehead atoms. The van der Waals surface area contributed by atoms with E-state index in [1.807, 2.05) is 6.92 Å². The average molecular weight is 430 g/mol. The second-order valence-corrected chi connectivity index (χ2v) is 6.32. The van der Waals surface area contributed by atoms with Gasteiger partial charge in [-0.25, -0.2) is 9.59 Å². The number of esters is 1. The molecule has 164 valence electrons. The molecule has 1 aromatic heterocycles. The molecule has 0 spiro atoms. The highest BCUT2D eigenvalue weighted by Gasteiger charge is 2.34. The van der Waals surface area contributed by atoms with Gasteiger partial charge in [-0.05, 0) is 42.8 Å². The molecule has 2 aromatic rings. The maximum absolute atomic E-state index is 12.8.